The second kappa shape index (κ2) is 6.30. The SMILES string of the molecule is CC1CC(C(C)(C)C)CCN1S(=O)(=O)C1CCN(C(C)(C)C)C1. The molecule has 2 fully saturated rings. The molecule has 0 spiro atoms. The average molecular weight is 345 g/mol. The largest absolute Gasteiger partial charge is 0.297 e. The van der Waals surface area contributed by atoms with Crippen LogP contribution in [0.25, 0.3) is 0 Å². The highest BCUT2D eigenvalue weighted by atomic mass is 32.2. The Morgan fingerprint density at radius 2 is 1.57 bits per heavy atom. The summed E-state index contributed by atoms with van der Waals surface area (Å²) in [5.41, 5.74) is 0.315. The van der Waals surface area contributed by atoms with Crippen LogP contribution < -0.4 is 0 Å². The average Bonchev–Trinajstić information content (AvgIpc) is 2.87. The number of hydrogen-bond donors (Lipinski definition) is 0. The molecule has 0 radical (unpaired) electrons. The molecule has 0 N–H and O–H groups in total. The van der Waals surface area contributed by atoms with Crippen molar-refractivity contribution in [1.82, 2.24) is 9.21 Å². The van der Waals surface area contributed by atoms with E-state index in [1.165, 1.54) is 0 Å². The molecule has 2 saturated heterocycles. The molecule has 2 heterocycles. The highest BCUT2D eigenvalue weighted by Crippen LogP contribution is 2.38. The van der Waals surface area contributed by atoms with E-state index in [-0.39, 0.29) is 22.2 Å². The highest BCUT2D eigenvalue weighted by Gasteiger charge is 2.44. The number of sulfonamides is 1. The predicted octanol–water partition coefficient (Wildman–Crippen LogP) is 3.34. The van der Waals surface area contributed by atoms with Gasteiger partial charge in [0.25, 0.3) is 0 Å². The molecule has 0 aromatic rings. The summed E-state index contributed by atoms with van der Waals surface area (Å²) in [5.74, 6) is 0.610. The van der Waals surface area contributed by atoms with E-state index < -0.39 is 10.0 Å². The molecule has 4 nitrogen and oxygen atoms in total. The summed E-state index contributed by atoms with van der Waals surface area (Å²) < 4.78 is 28.1. The second-order valence-electron chi connectivity index (χ2n) is 9.62. The lowest BCUT2D eigenvalue weighted by molar-refractivity contribution is 0.119. The van der Waals surface area contributed by atoms with Crippen LogP contribution in [0, 0.1) is 11.3 Å². The molecule has 2 aliphatic rings. The van der Waals surface area contributed by atoms with Crippen molar-refractivity contribution in [1.29, 1.82) is 0 Å². The van der Waals surface area contributed by atoms with Gasteiger partial charge in [-0.3, -0.25) is 4.90 Å². The molecule has 3 unspecified atom stereocenters. The molecular weight excluding hydrogens is 308 g/mol. The van der Waals surface area contributed by atoms with E-state index in [1.807, 2.05) is 4.31 Å². The standard InChI is InChI=1S/C18H36N2O2S/c1-14-12-15(17(2,3)4)8-11-20(14)23(21,22)16-9-10-19(13-16)18(5,6)7/h14-16H,8-13H2,1-7H3. The van der Waals surface area contributed by atoms with Crippen molar-refractivity contribution in [2.75, 3.05) is 19.6 Å². The second-order valence-corrected chi connectivity index (χ2v) is 11.8. The van der Waals surface area contributed by atoms with Crippen LogP contribution in [0.3, 0.4) is 0 Å². The summed E-state index contributed by atoms with van der Waals surface area (Å²) in [6.07, 6.45) is 2.74. The van der Waals surface area contributed by atoms with Crippen molar-refractivity contribution in [3.8, 4) is 0 Å². The van der Waals surface area contributed by atoms with Gasteiger partial charge in [0.2, 0.25) is 10.0 Å². The number of piperidine rings is 1. The molecule has 0 amide bonds. The summed E-state index contributed by atoms with van der Waals surface area (Å²) in [7, 11) is -3.18. The van der Waals surface area contributed by atoms with E-state index in [4.69, 9.17) is 0 Å². The Morgan fingerprint density at radius 1 is 0.957 bits per heavy atom. The highest BCUT2D eigenvalue weighted by molar-refractivity contribution is 7.89. The minimum absolute atomic E-state index is 0.0507. The topological polar surface area (TPSA) is 40.6 Å². The Balaban J connectivity index is 2.07. The van der Waals surface area contributed by atoms with Gasteiger partial charge in [-0.2, -0.15) is 4.31 Å². The zero-order valence-corrected chi connectivity index (χ0v) is 16.9. The van der Waals surface area contributed by atoms with Gasteiger partial charge in [0, 0.05) is 31.2 Å². The fraction of sp³-hybridized carbons (Fsp3) is 1.00. The molecule has 0 aromatic carbocycles. The van der Waals surface area contributed by atoms with Gasteiger partial charge in [-0.25, -0.2) is 8.42 Å². The van der Waals surface area contributed by atoms with Gasteiger partial charge in [0.15, 0.2) is 0 Å². The zero-order valence-electron chi connectivity index (χ0n) is 16.1. The fourth-order valence-corrected chi connectivity index (χ4v) is 6.19. The van der Waals surface area contributed by atoms with Crippen LogP contribution in [-0.2, 0) is 10.0 Å². The van der Waals surface area contributed by atoms with Crippen molar-refractivity contribution in [2.24, 2.45) is 11.3 Å². The molecule has 0 aliphatic carbocycles. The third-order valence-corrected chi connectivity index (χ3v) is 8.31. The smallest absolute Gasteiger partial charge is 0.218 e. The van der Waals surface area contributed by atoms with Crippen LogP contribution in [0.2, 0.25) is 0 Å². The van der Waals surface area contributed by atoms with E-state index in [1.54, 1.807) is 0 Å². The van der Waals surface area contributed by atoms with Crippen molar-refractivity contribution in [3.63, 3.8) is 0 Å². The third-order valence-electron chi connectivity index (χ3n) is 5.88. The van der Waals surface area contributed by atoms with Crippen molar-refractivity contribution < 1.29 is 8.42 Å². The lowest BCUT2D eigenvalue weighted by Crippen LogP contribution is -2.51. The molecule has 0 bridgehead atoms. The van der Waals surface area contributed by atoms with Gasteiger partial charge in [-0.15, -0.1) is 0 Å². The van der Waals surface area contributed by atoms with Crippen LogP contribution in [-0.4, -0.2) is 54.1 Å². The van der Waals surface area contributed by atoms with E-state index in [0.29, 0.717) is 19.0 Å². The minimum atomic E-state index is -3.18. The monoisotopic (exact) mass is 344 g/mol. The Hall–Kier alpha value is -0.130. The molecule has 2 aliphatic heterocycles. The molecule has 0 aromatic heterocycles. The first kappa shape index (κ1) is 19.2. The van der Waals surface area contributed by atoms with Gasteiger partial charge in [-0.1, -0.05) is 20.8 Å². The maximum absolute atomic E-state index is 13.1. The number of rotatable bonds is 2. The molecule has 5 heteroatoms. The molecule has 2 rings (SSSR count). The molecule has 0 saturated carbocycles. The predicted molar refractivity (Wildman–Crippen MR) is 97.0 cm³/mol. The summed E-state index contributed by atoms with van der Waals surface area (Å²) in [6.45, 7) is 17.7. The molecule has 23 heavy (non-hydrogen) atoms. The van der Waals surface area contributed by atoms with Crippen LogP contribution >= 0.6 is 0 Å². The Kier molecular flexibility index (Phi) is 5.26. The number of hydrogen-bond acceptors (Lipinski definition) is 3. The van der Waals surface area contributed by atoms with Crippen molar-refractivity contribution in [2.45, 2.75) is 84.6 Å². The maximum atomic E-state index is 13.1. The lowest BCUT2D eigenvalue weighted by atomic mass is 9.74. The number of likely N-dealkylation sites (tertiary alicyclic amines) is 1. The first-order valence-electron chi connectivity index (χ1n) is 9.09. The summed E-state index contributed by atoms with van der Waals surface area (Å²) in [6, 6.07) is 0.127. The fourth-order valence-electron chi connectivity index (χ4n) is 4.09. The van der Waals surface area contributed by atoms with Crippen LogP contribution in [0.1, 0.15) is 67.7 Å². The Morgan fingerprint density at radius 3 is 2.00 bits per heavy atom. The molecule has 3 atom stereocenters. The number of nitrogens with zero attached hydrogens (tertiary/aromatic N) is 2. The van der Waals surface area contributed by atoms with E-state index in [2.05, 4.69) is 53.4 Å². The molecular formula is C18H36N2O2S. The Bertz CT molecular complexity index is 516. The van der Waals surface area contributed by atoms with Crippen LogP contribution in [0.15, 0.2) is 0 Å². The van der Waals surface area contributed by atoms with Gasteiger partial charge in [-0.05, 0) is 58.3 Å². The maximum Gasteiger partial charge on any atom is 0.218 e. The van der Waals surface area contributed by atoms with Gasteiger partial charge in [0.05, 0.1) is 5.25 Å². The van der Waals surface area contributed by atoms with Crippen molar-refractivity contribution in [3.05, 3.63) is 0 Å². The first-order chi connectivity index (χ1) is 10.3. The third kappa shape index (κ3) is 4.10. The first-order valence-corrected chi connectivity index (χ1v) is 10.6. The summed E-state index contributed by atoms with van der Waals surface area (Å²) in [5, 5.41) is -0.227. The van der Waals surface area contributed by atoms with E-state index in [9.17, 15) is 8.42 Å². The van der Waals surface area contributed by atoms with Gasteiger partial charge < -0.3 is 0 Å². The lowest BCUT2D eigenvalue weighted by Gasteiger charge is -2.43. The van der Waals surface area contributed by atoms with Crippen molar-refractivity contribution >= 4 is 10.0 Å². The normalized spacial score (nSPS) is 32.4. The van der Waals surface area contributed by atoms with Gasteiger partial charge in [0.1, 0.15) is 0 Å². The van der Waals surface area contributed by atoms with E-state index in [0.717, 1.165) is 25.8 Å². The van der Waals surface area contributed by atoms with Crippen LogP contribution in [0.4, 0.5) is 0 Å². The summed E-state index contributed by atoms with van der Waals surface area (Å²) >= 11 is 0. The Labute approximate surface area is 143 Å². The van der Waals surface area contributed by atoms with Gasteiger partial charge >= 0.3 is 0 Å². The van der Waals surface area contributed by atoms with Crippen LogP contribution in [0.5, 0.6) is 0 Å². The van der Waals surface area contributed by atoms with E-state index >= 15 is 0 Å². The molecule has 136 valence electrons. The summed E-state index contributed by atoms with van der Waals surface area (Å²) in [4.78, 5) is 2.31. The zero-order chi connectivity index (χ0) is 17.6. The minimum Gasteiger partial charge on any atom is -0.297 e. The quantitative estimate of drug-likeness (QED) is 0.771.